The highest BCUT2D eigenvalue weighted by Crippen LogP contribution is 2.15. The zero-order valence-corrected chi connectivity index (χ0v) is 36.3. The van der Waals surface area contributed by atoms with Crippen LogP contribution < -0.4 is 0 Å². The topological polar surface area (TPSA) is 78.9 Å². The average Bonchev–Trinajstić information content (AvgIpc) is 3.17. The lowest BCUT2D eigenvalue weighted by atomic mass is 10.0. The quantitative estimate of drug-likeness (QED) is 0.0266. The molecule has 318 valence electrons. The van der Waals surface area contributed by atoms with E-state index >= 15 is 0 Å². The van der Waals surface area contributed by atoms with Gasteiger partial charge in [-0.05, 0) is 44.9 Å². The van der Waals surface area contributed by atoms with Crippen LogP contribution in [0, 0.1) is 0 Å². The van der Waals surface area contributed by atoms with E-state index < -0.39 is 6.10 Å². The first-order chi connectivity index (χ1) is 26.5. The average molecular weight is 763 g/mol. The molecule has 6 heteroatoms. The Kier molecular flexibility index (Phi) is 42.4. The van der Waals surface area contributed by atoms with E-state index in [2.05, 4.69) is 32.9 Å². The zero-order valence-electron chi connectivity index (χ0n) is 36.3. The SMILES string of the molecule is CCCCC/C=C\CCCCCCCC(=O)O[C@H](COC(=O)CCCCCCCCCCC)COC(=O)CCCCCCCCCCCCCCCCC. The summed E-state index contributed by atoms with van der Waals surface area (Å²) in [5, 5.41) is 0. The summed E-state index contributed by atoms with van der Waals surface area (Å²) in [5.74, 6) is -0.870. The lowest BCUT2D eigenvalue weighted by Gasteiger charge is -2.18. The predicted molar refractivity (Wildman–Crippen MR) is 229 cm³/mol. The Bertz CT molecular complexity index is 839. The Morgan fingerprint density at radius 3 is 0.963 bits per heavy atom. The summed E-state index contributed by atoms with van der Waals surface area (Å²) < 4.78 is 16.7. The molecule has 0 aromatic heterocycles. The van der Waals surface area contributed by atoms with Crippen LogP contribution in [0.4, 0.5) is 0 Å². The van der Waals surface area contributed by atoms with Crippen LogP contribution in [0.5, 0.6) is 0 Å². The van der Waals surface area contributed by atoms with Gasteiger partial charge in [-0.3, -0.25) is 14.4 Å². The van der Waals surface area contributed by atoms with Gasteiger partial charge in [0.05, 0.1) is 0 Å². The van der Waals surface area contributed by atoms with Crippen LogP contribution in [0.2, 0.25) is 0 Å². The molecule has 0 aromatic carbocycles. The minimum absolute atomic E-state index is 0.0689. The van der Waals surface area contributed by atoms with Crippen molar-refractivity contribution in [1.29, 1.82) is 0 Å². The maximum Gasteiger partial charge on any atom is 0.306 e. The van der Waals surface area contributed by atoms with Crippen LogP contribution >= 0.6 is 0 Å². The Morgan fingerprint density at radius 1 is 0.352 bits per heavy atom. The van der Waals surface area contributed by atoms with Gasteiger partial charge in [-0.1, -0.05) is 206 Å². The molecule has 54 heavy (non-hydrogen) atoms. The van der Waals surface area contributed by atoms with E-state index in [9.17, 15) is 14.4 Å². The fourth-order valence-electron chi connectivity index (χ4n) is 6.91. The lowest BCUT2D eigenvalue weighted by Crippen LogP contribution is -2.30. The first kappa shape index (κ1) is 52.2. The van der Waals surface area contributed by atoms with E-state index in [0.29, 0.717) is 19.3 Å². The second kappa shape index (κ2) is 43.9. The summed E-state index contributed by atoms with van der Waals surface area (Å²) >= 11 is 0. The van der Waals surface area contributed by atoms with Gasteiger partial charge in [0.1, 0.15) is 13.2 Å². The maximum absolute atomic E-state index is 12.7. The van der Waals surface area contributed by atoms with Crippen molar-refractivity contribution < 1.29 is 28.6 Å². The van der Waals surface area contributed by atoms with Crippen LogP contribution in [-0.2, 0) is 28.6 Å². The van der Waals surface area contributed by atoms with Crippen molar-refractivity contribution >= 4 is 17.9 Å². The summed E-state index contributed by atoms with van der Waals surface area (Å²) in [6, 6.07) is 0. The van der Waals surface area contributed by atoms with Crippen LogP contribution in [0.15, 0.2) is 12.2 Å². The molecule has 0 spiro atoms. The zero-order chi connectivity index (χ0) is 39.4. The van der Waals surface area contributed by atoms with Crippen LogP contribution in [-0.4, -0.2) is 37.2 Å². The van der Waals surface area contributed by atoms with Crippen molar-refractivity contribution in [2.45, 2.75) is 264 Å². The lowest BCUT2D eigenvalue weighted by molar-refractivity contribution is -0.167. The van der Waals surface area contributed by atoms with Gasteiger partial charge < -0.3 is 14.2 Å². The first-order valence-corrected chi connectivity index (χ1v) is 23.7. The summed E-state index contributed by atoms with van der Waals surface area (Å²) in [6.45, 7) is 6.60. The van der Waals surface area contributed by atoms with Gasteiger partial charge in [-0.15, -0.1) is 0 Å². The van der Waals surface area contributed by atoms with Crippen LogP contribution in [0.3, 0.4) is 0 Å². The van der Waals surface area contributed by atoms with Crippen molar-refractivity contribution in [2.24, 2.45) is 0 Å². The Balaban J connectivity index is 4.30. The molecule has 0 fully saturated rings. The second-order valence-corrected chi connectivity index (χ2v) is 16.0. The van der Waals surface area contributed by atoms with E-state index in [1.54, 1.807) is 0 Å². The minimum atomic E-state index is -0.765. The molecule has 0 bridgehead atoms. The van der Waals surface area contributed by atoms with Crippen molar-refractivity contribution in [2.75, 3.05) is 13.2 Å². The Labute approximate surface area is 335 Å². The van der Waals surface area contributed by atoms with E-state index in [1.807, 2.05) is 0 Å². The summed E-state index contributed by atoms with van der Waals surface area (Å²) in [6.07, 6.45) is 46.2. The number of allylic oxidation sites excluding steroid dienone is 2. The molecule has 0 aliphatic heterocycles. The number of esters is 3. The number of ether oxygens (including phenoxy) is 3. The van der Waals surface area contributed by atoms with Crippen LogP contribution in [0.1, 0.15) is 258 Å². The van der Waals surface area contributed by atoms with Crippen molar-refractivity contribution in [3.8, 4) is 0 Å². The molecule has 0 amide bonds. The standard InChI is InChI=1S/C48H90O6/c1-4-7-10-13-16-19-21-23-24-25-27-29-32-35-38-41-47(50)53-44-45(43-52-46(49)40-37-34-31-28-18-15-12-9-6-3)54-48(51)42-39-36-33-30-26-22-20-17-14-11-8-5-2/h17,20,45H,4-16,18-19,21-44H2,1-3H3/b20-17-/t45-/m1/s1. The van der Waals surface area contributed by atoms with Gasteiger partial charge in [-0.25, -0.2) is 0 Å². The molecule has 1 atom stereocenters. The largest absolute Gasteiger partial charge is 0.462 e. The summed E-state index contributed by atoms with van der Waals surface area (Å²) in [7, 11) is 0. The van der Waals surface area contributed by atoms with Gasteiger partial charge in [0.25, 0.3) is 0 Å². The molecule has 0 heterocycles. The maximum atomic E-state index is 12.7. The van der Waals surface area contributed by atoms with E-state index in [0.717, 1.165) is 64.2 Å². The highest BCUT2D eigenvalue weighted by molar-refractivity contribution is 5.71. The molecule has 0 aliphatic rings. The van der Waals surface area contributed by atoms with Gasteiger partial charge in [0.2, 0.25) is 0 Å². The predicted octanol–water partition coefficient (Wildman–Crippen LogP) is 15.0. The number of unbranched alkanes of at least 4 members (excludes halogenated alkanes) is 30. The highest BCUT2D eigenvalue weighted by atomic mass is 16.6. The van der Waals surface area contributed by atoms with Crippen LogP contribution in [0.25, 0.3) is 0 Å². The normalized spacial score (nSPS) is 12.0. The van der Waals surface area contributed by atoms with Crippen molar-refractivity contribution in [3.63, 3.8) is 0 Å². The first-order valence-electron chi connectivity index (χ1n) is 23.7. The van der Waals surface area contributed by atoms with Gasteiger partial charge >= 0.3 is 17.9 Å². The van der Waals surface area contributed by atoms with E-state index in [1.165, 1.54) is 154 Å². The van der Waals surface area contributed by atoms with Crippen molar-refractivity contribution in [1.82, 2.24) is 0 Å². The molecular weight excluding hydrogens is 673 g/mol. The van der Waals surface area contributed by atoms with Gasteiger partial charge in [0, 0.05) is 19.3 Å². The van der Waals surface area contributed by atoms with E-state index in [4.69, 9.17) is 14.2 Å². The highest BCUT2D eigenvalue weighted by Gasteiger charge is 2.19. The minimum Gasteiger partial charge on any atom is -0.462 e. The molecular formula is C48H90O6. The fraction of sp³-hybridized carbons (Fsp3) is 0.896. The molecule has 0 unspecified atom stereocenters. The monoisotopic (exact) mass is 763 g/mol. The molecule has 0 saturated heterocycles. The molecule has 0 N–H and O–H groups in total. The molecule has 0 aromatic rings. The molecule has 0 saturated carbocycles. The van der Waals surface area contributed by atoms with Gasteiger partial charge in [-0.2, -0.15) is 0 Å². The second-order valence-electron chi connectivity index (χ2n) is 16.0. The Hall–Kier alpha value is -1.85. The van der Waals surface area contributed by atoms with E-state index in [-0.39, 0.29) is 31.1 Å². The molecule has 0 rings (SSSR count). The Morgan fingerprint density at radius 2 is 0.611 bits per heavy atom. The van der Waals surface area contributed by atoms with Crippen molar-refractivity contribution in [3.05, 3.63) is 12.2 Å². The number of hydrogen-bond acceptors (Lipinski definition) is 6. The number of hydrogen-bond donors (Lipinski definition) is 0. The third kappa shape index (κ3) is 41.3. The molecule has 6 nitrogen and oxygen atoms in total. The smallest absolute Gasteiger partial charge is 0.306 e. The third-order valence-electron chi connectivity index (χ3n) is 10.5. The summed E-state index contributed by atoms with van der Waals surface area (Å²) in [4.78, 5) is 37.7. The fourth-order valence-corrected chi connectivity index (χ4v) is 6.91. The number of carbonyl (C=O) groups is 3. The van der Waals surface area contributed by atoms with Gasteiger partial charge in [0.15, 0.2) is 6.10 Å². The summed E-state index contributed by atoms with van der Waals surface area (Å²) in [5.41, 5.74) is 0. The molecule has 0 radical (unpaired) electrons. The molecule has 0 aliphatic carbocycles. The number of carbonyl (C=O) groups excluding carboxylic acids is 3. The third-order valence-corrected chi connectivity index (χ3v) is 10.5. The number of rotatable bonds is 43.